The van der Waals surface area contributed by atoms with E-state index in [1.54, 1.807) is 31.2 Å². The lowest BCUT2D eigenvalue weighted by atomic mass is 9.58. The highest BCUT2D eigenvalue weighted by Crippen LogP contribution is 2.52. The lowest BCUT2D eigenvalue weighted by molar-refractivity contribution is -0.0997. The standard InChI is InChI=1S/C40H52ClFN4O6S/c1-25-26(2)53(49,50)43-39(47)27-8-11-37-36(19-27)46(20-28-7-10-35(41)38(42)33(28)5-3-4-15-52-37)21-29-6-9-34(29)40(48,31-17-30(25)18-31)24-44-12-13-45-14-16-51-23-32(45)22-44/h7-8,10-11,17,19,25-26,29-30,32,34,48H,3-6,9,12-16,18,20-24H2,1-2H3,(H,43,47)/t25-,26-,29+,30+,32+,34-,40+/m1/s1. The number of carbonyl (C=O) groups excluding carboxylic acids is 1. The molecule has 1 amide bonds. The Hall–Kier alpha value is -2.74. The van der Waals surface area contributed by atoms with Crippen molar-refractivity contribution in [1.82, 2.24) is 14.5 Å². The fraction of sp³-hybridized carbons (Fsp3) is 0.625. The maximum Gasteiger partial charge on any atom is 0.264 e. The number of sulfonamides is 1. The summed E-state index contributed by atoms with van der Waals surface area (Å²) in [4.78, 5) is 20.7. The summed E-state index contributed by atoms with van der Waals surface area (Å²) < 4.78 is 57.6. The SMILES string of the molecule is C[C@@H]1[C@@H](C)S(=O)(=O)NC(=O)c2ccc3c(c2)N(Cc2ccc(Cl)c(F)c2CCCCO3)C[C@@H]2CC[C@H]2[C@](O)(CN2CCN3CCOC[C@@H]3C2)C2=C[C@H]1C2. The molecular formula is C40H52ClFN4O6S. The number of rotatable bonds is 2. The van der Waals surface area contributed by atoms with E-state index in [2.05, 4.69) is 25.5 Å². The van der Waals surface area contributed by atoms with Crippen molar-refractivity contribution in [3.05, 3.63) is 69.5 Å². The molecule has 2 aromatic rings. The van der Waals surface area contributed by atoms with Crippen LogP contribution in [0.3, 0.4) is 0 Å². The summed E-state index contributed by atoms with van der Waals surface area (Å²) in [6.45, 7) is 10.3. The van der Waals surface area contributed by atoms with Crippen LogP contribution in [0.5, 0.6) is 5.75 Å². The number of morpholine rings is 1. The zero-order valence-electron chi connectivity index (χ0n) is 30.7. The maximum atomic E-state index is 15.7. The van der Waals surface area contributed by atoms with Crippen LogP contribution < -0.4 is 14.4 Å². The molecule has 5 aliphatic heterocycles. The lowest BCUT2D eigenvalue weighted by Gasteiger charge is -2.55. The first kappa shape index (κ1) is 37.2. The third-order valence-corrected chi connectivity index (χ3v) is 15.5. The van der Waals surface area contributed by atoms with Crippen molar-refractivity contribution >= 4 is 33.2 Å². The number of ether oxygens (including phenoxy) is 2. The number of β-amino-alcohol motifs (C(OH)–C–C–N with tert-alkyl or cyclic N) is 1. The molecule has 5 heterocycles. The van der Waals surface area contributed by atoms with Crippen LogP contribution >= 0.6 is 11.6 Å². The van der Waals surface area contributed by atoms with E-state index in [0.29, 0.717) is 81.6 Å². The molecule has 3 fully saturated rings. The van der Waals surface area contributed by atoms with Crippen LogP contribution in [0, 0.1) is 29.5 Å². The molecule has 0 spiro atoms. The minimum absolute atomic E-state index is 0.0412. The molecule has 53 heavy (non-hydrogen) atoms. The zero-order chi connectivity index (χ0) is 37.1. The van der Waals surface area contributed by atoms with Crippen LogP contribution in [0.4, 0.5) is 10.1 Å². The second-order valence-corrected chi connectivity index (χ2v) is 18.8. The fourth-order valence-electron chi connectivity index (χ4n) is 9.62. The summed E-state index contributed by atoms with van der Waals surface area (Å²) in [7, 11) is -4.04. The average Bonchev–Trinajstić information content (AvgIpc) is 3.13. The Balaban J connectivity index is 1.21. The molecule has 4 bridgehead atoms. The molecule has 0 radical (unpaired) electrons. The van der Waals surface area contributed by atoms with Crippen molar-refractivity contribution in [3.63, 3.8) is 0 Å². The third kappa shape index (κ3) is 7.13. The summed E-state index contributed by atoms with van der Waals surface area (Å²) in [5.41, 5.74) is 2.10. The summed E-state index contributed by atoms with van der Waals surface area (Å²) in [5, 5.41) is 12.3. The summed E-state index contributed by atoms with van der Waals surface area (Å²) in [6, 6.07) is 8.83. The summed E-state index contributed by atoms with van der Waals surface area (Å²) in [6.07, 6.45) is 6.41. The van der Waals surface area contributed by atoms with Gasteiger partial charge in [0.25, 0.3) is 5.91 Å². The van der Waals surface area contributed by atoms with Gasteiger partial charge in [-0.05, 0) is 110 Å². The van der Waals surface area contributed by atoms with Crippen LogP contribution in [-0.2, 0) is 27.7 Å². The van der Waals surface area contributed by atoms with Crippen molar-refractivity contribution in [2.24, 2.45) is 23.7 Å². The molecule has 2 aliphatic carbocycles. The number of hydrogen-bond acceptors (Lipinski definition) is 9. The van der Waals surface area contributed by atoms with E-state index in [1.807, 2.05) is 13.0 Å². The number of aliphatic hydroxyl groups is 1. The Bertz CT molecular complexity index is 1880. The fourth-order valence-corrected chi connectivity index (χ4v) is 11.1. The summed E-state index contributed by atoms with van der Waals surface area (Å²) in [5.74, 6) is -0.794. The molecule has 0 aromatic heterocycles. The first-order chi connectivity index (χ1) is 25.4. The highest BCUT2D eigenvalue weighted by Gasteiger charge is 2.53. The second kappa shape index (κ2) is 14.7. The quantitative estimate of drug-likeness (QED) is 0.407. The van der Waals surface area contributed by atoms with Gasteiger partial charge in [0.2, 0.25) is 10.0 Å². The van der Waals surface area contributed by atoms with Gasteiger partial charge in [-0.1, -0.05) is 30.7 Å². The number of amides is 1. The van der Waals surface area contributed by atoms with Gasteiger partial charge in [-0.15, -0.1) is 0 Å². The molecule has 0 unspecified atom stereocenters. The molecule has 2 aromatic carbocycles. The molecule has 2 saturated heterocycles. The topological polar surface area (TPSA) is 112 Å². The molecule has 10 nitrogen and oxygen atoms in total. The monoisotopic (exact) mass is 770 g/mol. The molecule has 9 rings (SSSR count). The Labute approximate surface area is 317 Å². The number of allylic oxidation sites excluding steroid dienone is 1. The smallest absolute Gasteiger partial charge is 0.264 e. The number of piperazine rings is 1. The average molecular weight is 771 g/mol. The highest BCUT2D eigenvalue weighted by molar-refractivity contribution is 7.90. The van der Waals surface area contributed by atoms with Gasteiger partial charge >= 0.3 is 0 Å². The number of nitrogens with one attached hydrogen (secondary N) is 1. The number of nitrogens with zero attached hydrogens (tertiary/aromatic N) is 3. The third-order valence-electron chi connectivity index (χ3n) is 13.3. The zero-order valence-corrected chi connectivity index (χ0v) is 32.3. The lowest BCUT2D eigenvalue weighted by Crippen LogP contribution is -2.63. The van der Waals surface area contributed by atoms with Crippen LogP contribution in [0.25, 0.3) is 0 Å². The molecular weight excluding hydrogens is 719 g/mol. The Morgan fingerprint density at radius 2 is 1.91 bits per heavy atom. The van der Waals surface area contributed by atoms with Crippen LogP contribution in [0.1, 0.15) is 67.4 Å². The van der Waals surface area contributed by atoms with E-state index in [0.717, 1.165) is 56.8 Å². The minimum atomic E-state index is -4.04. The van der Waals surface area contributed by atoms with Crippen molar-refractivity contribution in [3.8, 4) is 5.75 Å². The van der Waals surface area contributed by atoms with Gasteiger partial charge in [0, 0.05) is 57.4 Å². The van der Waals surface area contributed by atoms with Gasteiger partial charge < -0.3 is 19.5 Å². The second-order valence-electron chi connectivity index (χ2n) is 16.3. The number of fused-ring (bicyclic) bond motifs is 6. The highest BCUT2D eigenvalue weighted by atomic mass is 35.5. The van der Waals surface area contributed by atoms with Crippen molar-refractivity contribution < 1.29 is 32.2 Å². The molecule has 2 N–H and O–H groups in total. The van der Waals surface area contributed by atoms with Gasteiger partial charge in [0.15, 0.2) is 0 Å². The maximum absolute atomic E-state index is 15.7. The van der Waals surface area contributed by atoms with Crippen LogP contribution in [-0.4, -0.2) is 105 Å². The number of anilines is 1. The van der Waals surface area contributed by atoms with Gasteiger partial charge in [-0.3, -0.25) is 14.6 Å². The van der Waals surface area contributed by atoms with E-state index in [-0.39, 0.29) is 34.3 Å². The molecule has 7 atom stereocenters. The predicted octanol–water partition coefficient (Wildman–Crippen LogP) is 5.02. The Morgan fingerprint density at radius 1 is 1.08 bits per heavy atom. The Kier molecular flexibility index (Phi) is 10.3. The molecule has 7 aliphatic rings. The Morgan fingerprint density at radius 3 is 2.70 bits per heavy atom. The van der Waals surface area contributed by atoms with Gasteiger partial charge in [-0.25, -0.2) is 17.5 Å². The van der Waals surface area contributed by atoms with Crippen molar-refractivity contribution in [1.29, 1.82) is 0 Å². The van der Waals surface area contributed by atoms with Gasteiger partial charge in [0.05, 0.1) is 35.8 Å². The summed E-state index contributed by atoms with van der Waals surface area (Å²) >= 11 is 6.30. The van der Waals surface area contributed by atoms with E-state index < -0.39 is 32.6 Å². The van der Waals surface area contributed by atoms with E-state index in [9.17, 15) is 18.3 Å². The van der Waals surface area contributed by atoms with Crippen molar-refractivity contribution in [2.45, 2.75) is 75.8 Å². The number of carbonyl (C=O) groups is 1. The first-order valence-corrected chi connectivity index (χ1v) is 21.3. The van der Waals surface area contributed by atoms with Crippen LogP contribution in [0.15, 0.2) is 42.0 Å². The van der Waals surface area contributed by atoms with E-state index >= 15 is 4.39 Å². The van der Waals surface area contributed by atoms with Crippen molar-refractivity contribution in [2.75, 3.05) is 64.0 Å². The minimum Gasteiger partial charge on any atom is -0.491 e. The molecule has 13 heteroatoms. The molecule has 288 valence electrons. The molecule has 1 saturated carbocycles. The first-order valence-electron chi connectivity index (χ1n) is 19.4. The largest absolute Gasteiger partial charge is 0.491 e. The van der Waals surface area contributed by atoms with Gasteiger partial charge in [0.1, 0.15) is 17.2 Å². The van der Waals surface area contributed by atoms with E-state index in [4.69, 9.17) is 21.1 Å². The normalized spacial score (nSPS) is 33.6. The predicted molar refractivity (Wildman–Crippen MR) is 202 cm³/mol. The van der Waals surface area contributed by atoms with Crippen LogP contribution in [0.2, 0.25) is 5.02 Å². The number of halogens is 2. The van der Waals surface area contributed by atoms with Gasteiger partial charge in [-0.2, -0.15) is 0 Å². The number of hydrogen-bond donors (Lipinski definition) is 2. The number of benzene rings is 2. The van der Waals surface area contributed by atoms with E-state index in [1.165, 1.54) is 0 Å².